The Bertz CT molecular complexity index is 489. The Morgan fingerprint density at radius 2 is 2.09 bits per heavy atom. The second kappa shape index (κ2) is 9.82. The molecule has 22 heavy (non-hydrogen) atoms. The van der Waals surface area contributed by atoms with Crippen LogP contribution in [0.2, 0.25) is 0 Å². The lowest BCUT2D eigenvalue weighted by molar-refractivity contribution is -0.119. The van der Waals surface area contributed by atoms with E-state index in [0.717, 1.165) is 12.8 Å². The molecule has 1 atom stereocenters. The van der Waals surface area contributed by atoms with Crippen molar-refractivity contribution in [2.24, 2.45) is 11.7 Å². The van der Waals surface area contributed by atoms with Gasteiger partial charge in [-0.25, -0.2) is 0 Å². The highest BCUT2D eigenvalue weighted by Crippen LogP contribution is 2.14. The number of carbonyl (C=O) groups excluding carboxylic acids is 2. The molecule has 0 aliphatic heterocycles. The molecule has 0 bridgehead atoms. The number of primary amides is 1. The molecule has 0 aliphatic carbocycles. The fourth-order valence-corrected chi connectivity index (χ4v) is 2.16. The number of rotatable bonds is 10. The lowest BCUT2D eigenvalue weighted by Crippen LogP contribution is -2.29. The summed E-state index contributed by atoms with van der Waals surface area (Å²) < 4.78 is 5.20. The molecule has 0 saturated carbocycles. The standard InChI is InChI=1S/C17H26N2O3/c1-3-5-7-13(4-2)11-19-17(21)14-8-6-9-15(10-14)22-12-16(18)20/h6,8-10,13H,3-5,7,11-12H2,1-2H3,(H2,18,20)(H,19,21). The minimum absolute atomic E-state index is 0.125. The lowest BCUT2D eigenvalue weighted by Gasteiger charge is -2.15. The van der Waals surface area contributed by atoms with Gasteiger partial charge in [0.05, 0.1) is 0 Å². The van der Waals surface area contributed by atoms with Crippen LogP contribution in [0.4, 0.5) is 0 Å². The summed E-state index contributed by atoms with van der Waals surface area (Å²) in [5.41, 5.74) is 5.55. The van der Waals surface area contributed by atoms with E-state index in [1.165, 1.54) is 12.8 Å². The number of nitrogens with two attached hydrogens (primary N) is 1. The Morgan fingerprint density at radius 1 is 1.32 bits per heavy atom. The smallest absolute Gasteiger partial charge is 0.255 e. The van der Waals surface area contributed by atoms with Crippen LogP contribution in [0.25, 0.3) is 0 Å². The van der Waals surface area contributed by atoms with Crippen LogP contribution in [0, 0.1) is 5.92 Å². The molecule has 0 spiro atoms. The van der Waals surface area contributed by atoms with Gasteiger partial charge in [-0.2, -0.15) is 0 Å². The van der Waals surface area contributed by atoms with Crippen LogP contribution in [0.15, 0.2) is 24.3 Å². The van der Waals surface area contributed by atoms with Crippen LogP contribution in [0.5, 0.6) is 5.75 Å². The largest absolute Gasteiger partial charge is 0.484 e. The van der Waals surface area contributed by atoms with Crippen LogP contribution in [0.3, 0.4) is 0 Å². The van der Waals surface area contributed by atoms with Crippen molar-refractivity contribution < 1.29 is 14.3 Å². The van der Waals surface area contributed by atoms with Gasteiger partial charge in [-0.05, 0) is 30.5 Å². The van der Waals surface area contributed by atoms with Crippen LogP contribution in [-0.2, 0) is 4.79 Å². The highest BCUT2D eigenvalue weighted by molar-refractivity contribution is 5.94. The molecule has 1 aromatic rings. The number of ether oxygens (including phenoxy) is 1. The lowest BCUT2D eigenvalue weighted by atomic mass is 9.99. The molecule has 1 aromatic carbocycles. The van der Waals surface area contributed by atoms with Crippen molar-refractivity contribution in [3.8, 4) is 5.75 Å². The number of benzene rings is 1. The zero-order chi connectivity index (χ0) is 16.4. The molecular formula is C17H26N2O3. The molecule has 0 heterocycles. The monoisotopic (exact) mass is 306 g/mol. The molecular weight excluding hydrogens is 280 g/mol. The molecule has 0 radical (unpaired) electrons. The van der Waals surface area contributed by atoms with Crippen molar-refractivity contribution in [2.45, 2.75) is 39.5 Å². The van der Waals surface area contributed by atoms with Gasteiger partial charge in [0.25, 0.3) is 11.8 Å². The van der Waals surface area contributed by atoms with Crippen LogP contribution < -0.4 is 15.8 Å². The first kappa shape index (κ1) is 18.0. The highest BCUT2D eigenvalue weighted by Gasteiger charge is 2.10. The Kier molecular flexibility index (Phi) is 8.04. The first-order valence-corrected chi connectivity index (χ1v) is 7.86. The summed E-state index contributed by atoms with van der Waals surface area (Å²) in [4.78, 5) is 22.9. The van der Waals surface area contributed by atoms with Gasteiger partial charge in [0.2, 0.25) is 0 Å². The van der Waals surface area contributed by atoms with E-state index in [4.69, 9.17) is 10.5 Å². The quantitative estimate of drug-likeness (QED) is 0.697. The van der Waals surface area contributed by atoms with E-state index in [-0.39, 0.29) is 12.5 Å². The molecule has 1 rings (SSSR count). The van der Waals surface area contributed by atoms with Crippen LogP contribution in [-0.4, -0.2) is 25.0 Å². The maximum Gasteiger partial charge on any atom is 0.255 e. The Hall–Kier alpha value is -2.04. The van der Waals surface area contributed by atoms with Crippen molar-refractivity contribution in [2.75, 3.05) is 13.2 Å². The molecule has 0 saturated heterocycles. The van der Waals surface area contributed by atoms with Crippen molar-refractivity contribution in [3.05, 3.63) is 29.8 Å². The maximum atomic E-state index is 12.2. The molecule has 3 N–H and O–H groups in total. The molecule has 0 fully saturated rings. The average molecular weight is 306 g/mol. The van der Waals surface area contributed by atoms with Crippen molar-refractivity contribution in [3.63, 3.8) is 0 Å². The third-order valence-electron chi connectivity index (χ3n) is 3.57. The summed E-state index contributed by atoms with van der Waals surface area (Å²) in [7, 11) is 0. The summed E-state index contributed by atoms with van der Waals surface area (Å²) in [6.07, 6.45) is 4.55. The van der Waals surface area contributed by atoms with E-state index in [1.807, 2.05) is 0 Å². The van der Waals surface area contributed by atoms with Gasteiger partial charge < -0.3 is 15.8 Å². The van der Waals surface area contributed by atoms with E-state index in [2.05, 4.69) is 19.2 Å². The SMILES string of the molecule is CCCCC(CC)CNC(=O)c1cccc(OCC(N)=O)c1. The van der Waals surface area contributed by atoms with E-state index in [1.54, 1.807) is 24.3 Å². The van der Waals surface area contributed by atoms with Crippen molar-refractivity contribution in [1.82, 2.24) is 5.32 Å². The van der Waals surface area contributed by atoms with Gasteiger partial charge in [0.15, 0.2) is 6.61 Å². The van der Waals surface area contributed by atoms with E-state index in [9.17, 15) is 9.59 Å². The summed E-state index contributed by atoms with van der Waals surface area (Å²) >= 11 is 0. The maximum absolute atomic E-state index is 12.2. The van der Waals surface area contributed by atoms with E-state index < -0.39 is 5.91 Å². The topological polar surface area (TPSA) is 81.4 Å². The van der Waals surface area contributed by atoms with Crippen LogP contribution >= 0.6 is 0 Å². The number of amides is 2. The van der Waals surface area contributed by atoms with E-state index in [0.29, 0.717) is 23.8 Å². The molecule has 0 aliphatic rings. The predicted molar refractivity (Wildman–Crippen MR) is 86.8 cm³/mol. The second-order valence-corrected chi connectivity index (χ2v) is 5.41. The minimum Gasteiger partial charge on any atom is -0.484 e. The second-order valence-electron chi connectivity index (χ2n) is 5.41. The number of carbonyl (C=O) groups is 2. The van der Waals surface area contributed by atoms with Crippen molar-refractivity contribution in [1.29, 1.82) is 0 Å². The predicted octanol–water partition coefficient (Wildman–Crippen LogP) is 2.50. The molecule has 5 heteroatoms. The first-order chi connectivity index (χ1) is 10.6. The zero-order valence-corrected chi connectivity index (χ0v) is 13.4. The Labute approximate surface area is 132 Å². The van der Waals surface area contributed by atoms with E-state index >= 15 is 0 Å². The zero-order valence-electron chi connectivity index (χ0n) is 13.4. The van der Waals surface area contributed by atoms with Gasteiger partial charge >= 0.3 is 0 Å². The van der Waals surface area contributed by atoms with Gasteiger partial charge in [0.1, 0.15) is 5.75 Å². The fraction of sp³-hybridized carbons (Fsp3) is 0.529. The summed E-state index contributed by atoms with van der Waals surface area (Å²) in [6, 6.07) is 6.75. The van der Waals surface area contributed by atoms with Crippen molar-refractivity contribution >= 4 is 11.8 Å². The third-order valence-corrected chi connectivity index (χ3v) is 3.57. The van der Waals surface area contributed by atoms with Gasteiger partial charge in [0, 0.05) is 12.1 Å². The number of nitrogens with one attached hydrogen (secondary N) is 1. The summed E-state index contributed by atoms with van der Waals surface area (Å²) in [6.45, 7) is 4.80. The minimum atomic E-state index is -0.545. The molecule has 5 nitrogen and oxygen atoms in total. The summed E-state index contributed by atoms with van der Waals surface area (Å²) in [5.74, 6) is 0.304. The first-order valence-electron chi connectivity index (χ1n) is 7.86. The Balaban J connectivity index is 2.54. The Morgan fingerprint density at radius 3 is 2.73 bits per heavy atom. The highest BCUT2D eigenvalue weighted by atomic mass is 16.5. The number of hydrogen-bond donors (Lipinski definition) is 2. The molecule has 1 unspecified atom stereocenters. The summed E-state index contributed by atoms with van der Waals surface area (Å²) in [5, 5.41) is 2.96. The van der Waals surface area contributed by atoms with Gasteiger partial charge in [-0.3, -0.25) is 9.59 Å². The average Bonchev–Trinajstić information content (AvgIpc) is 2.53. The molecule has 0 aromatic heterocycles. The van der Waals surface area contributed by atoms with Crippen LogP contribution in [0.1, 0.15) is 49.9 Å². The third kappa shape index (κ3) is 6.61. The fourth-order valence-electron chi connectivity index (χ4n) is 2.16. The number of hydrogen-bond acceptors (Lipinski definition) is 3. The molecule has 2 amide bonds. The molecule has 122 valence electrons. The van der Waals surface area contributed by atoms with Gasteiger partial charge in [-0.1, -0.05) is 39.2 Å². The normalized spacial score (nSPS) is 11.7. The van der Waals surface area contributed by atoms with Gasteiger partial charge in [-0.15, -0.1) is 0 Å². The number of unbranched alkanes of at least 4 members (excludes halogenated alkanes) is 1.